The minimum atomic E-state index is -0.390. The molecule has 0 saturated heterocycles. The summed E-state index contributed by atoms with van der Waals surface area (Å²) in [6.45, 7) is 0. The highest BCUT2D eigenvalue weighted by atomic mass is 16.1. The number of allylic oxidation sites excluding steroid dienone is 4. The Hall–Kier alpha value is -4.95. The molecule has 186 valence electrons. The average Bonchev–Trinajstić information content (AvgIpc) is 3.62. The van der Waals surface area contributed by atoms with Gasteiger partial charge in [0.05, 0.1) is 16.4 Å². The Kier molecular flexibility index (Phi) is 3.65. The summed E-state index contributed by atoms with van der Waals surface area (Å²) in [7, 11) is 0. The van der Waals surface area contributed by atoms with Crippen LogP contribution in [0.2, 0.25) is 0 Å². The molecule has 2 unspecified atom stereocenters. The van der Waals surface area contributed by atoms with Crippen molar-refractivity contribution in [3.63, 3.8) is 0 Å². The summed E-state index contributed by atoms with van der Waals surface area (Å²) in [6.07, 6.45) is 9.20. The minimum Gasteiger partial charge on any atom is -0.275 e. The van der Waals surface area contributed by atoms with Gasteiger partial charge in [-0.3, -0.25) is 9.20 Å². The maximum absolute atomic E-state index is 14.5. The molecule has 0 bridgehead atoms. The number of fused-ring (bicyclic) bond motifs is 16. The molecule has 40 heavy (non-hydrogen) atoms. The smallest absolute Gasteiger partial charge is 0.263 e. The van der Waals surface area contributed by atoms with E-state index in [1.165, 1.54) is 33.4 Å². The zero-order valence-electron chi connectivity index (χ0n) is 21.6. The molecular formula is C38H23NO. The van der Waals surface area contributed by atoms with E-state index in [-0.39, 0.29) is 22.8 Å². The Balaban J connectivity index is 1.51. The van der Waals surface area contributed by atoms with Crippen LogP contribution in [0.5, 0.6) is 0 Å². The summed E-state index contributed by atoms with van der Waals surface area (Å²) < 4.78 is 2.06. The zero-order chi connectivity index (χ0) is 26.2. The average molecular weight is 510 g/mol. The van der Waals surface area contributed by atoms with E-state index >= 15 is 0 Å². The summed E-state index contributed by atoms with van der Waals surface area (Å²) in [5, 5.41) is 5.22. The molecule has 0 fully saturated rings. The van der Waals surface area contributed by atoms with Gasteiger partial charge in [0.2, 0.25) is 0 Å². The first-order chi connectivity index (χ1) is 19.8. The van der Waals surface area contributed by atoms with Gasteiger partial charge < -0.3 is 0 Å². The molecule has 3 aliphatic rings. The fraction of sp³-hybridized carbons (Fsp3) is 0.0789. The van der Waals surface area contributed by atoms with Crippen molar-refractivity contribution in [2.24, 2.45) is 5.92 Å². The standard InChI is InChI=1S/C38H23NO/c40-37-30-14-2-1-10-22(30)27-15-9-16-28-29-21-20-26-25-13-5-8-19-33(25)38(34(26)36(29)39(37)35(27)28)31-17-6-3-11-23(31)24-12-4-7-18-32(24)38/h1-21,23,31H/t23?,31?,38-/m1/s1. The Bertz CT molecular complexity index is 2370. The van der Waals surface area contributed by atoms with Gasteiger partial charge in [-0.1, -0.05) is 121 Å². The van der Waals surface area contributed by atoms with E-state index in [1.807, 2.05) is 18.2 Å². The van der Waals surface area contributed by atoms with Crippen LogP contribution in [0, 0.1) is 5.92 Å². The first kappa shape index (κ1) is 20.9. The van der Waals surface area contributed by atoms with Gasteiger partial charge in [0, 0.05) is 38.9 Å². The fourth-order valence-corrected chi connectivity index (χ4v) is 8.69. The third-order valence-corrected chi connectivity index (χ3v) is 10.0. The van der Waals surface area contributed by atoms with E-state index in [9.17, 15) is 4.79 Å². The van der Waals surface area contributed by atoms with Crippen LogP contribution in [0.3, 0.4) is 0 Å². The molecule has 0 amide bonds. The van der Waals surface area contributed by atoms with E-state index in [0.717, 1.165) is 38.0 Å². The van der Waals surface area contributed by atoms with Gasteiger partial charge in [0.1, 0.15) is 0 Å². The SMILES string of the molecule is O=c1c2ccccc2c2cccc3c4ccc5c(c4n1c23)[C@@]1(c2ccccc2-5)c2ccccc2C2C=CC=CC21. The number of hydrogen-bond acceptors (Lipinski definition) is 1. The maximum Gasteiger partial charge on any atom is 0.263 e. The van der Waals surface area contributed by atoms with Gasteiger partial charge in [-0.15, -0.1) is 0 Å². The van der Waals surface area contributed by atoms with Gasteiger partial charge in [-0.25, -0.2) is 0 Å². The molecule has 0 N–H and O–H groups in total. The van der Waals surface area contributed by atoms with Crippen LogP contribution in [0.25, 0.3) is 49.1 Å². The van der Waals surface area contributed by atoms with Gasteiger partial charge in [-0.05, 0) is 39.3 Å². The highest BCUT2D eigenvalue weighted by Crippen LogP contribution is 2.66. The van der Waals surface area contributed by atoms with Crippen LogP contribution in [-0.2, 0) is 5.41 Å². The summed E-state index contributed by atoms with van der Waals surface area (Å²) in [6, 6.07) is 37.1. The fourth-order valence-electron chi connectivity index (χ4n) is 8.69. The predicted molar refractivity (Wildman–Crippen MR) is 164 cm³/mol. The number of pyridine rings is 1. The Morgan fingerprint density at radius 2 is 1.23 bits per heavy atom. The van der Waals surface area contributed by atoms with E-state index in [4.69, 9.17) is 0 Å². The first-order valence-electron chi connectivity index (χ1n) is 14.1. The molecule has 2 heteroatoms. The lowest BCUT2D eigenvalue weighted by molar-refractivity contribution is 0.467. The van der Waals surface area contributed by atoms with Crippen molar-refractivity contribution in [3.8, 4) is 11.1 Å². The van der Waals surface area contributed by atoms with Crippen LogP contribution in [0.15, 0.2) is 132 Å². The van der Waals surface area contributed by atoms with Crippen LogP contribution in [0.4, 0.5) is 0 Å². The second-order valence-corrected chi connectivity index (χ2v) is 11.5. The lowest BCUT2D eigenvalue weighted by Gasteiger charge is -2.36. The summed E-state index contributed by atoms with van der Waals surface area (Å²) in [5.41, 5.74) is 9.67. The maximum atomic E-state index is 14.5. The number of aromatic nitrogens is 1. The normalized spacial score (nSPS) is 22.0. The number of hydrogen-bond donors (Lipinski definition) is 0. The highest BCUT2D eigenvalue weighted by Gasteiger charge is 2.58. The van der Waals surface area contributed by atoms with Crippen molar-refractivity contribution in [3.05, 3.63) is 160 Å². The monoisotopic (exact) mass is 509 g/mol. The van der Waals surface area contributed by atoms with Gasteiger partial charge in [0.25, 0.3) is 5.56 Å². The van der Waals surface area contributed by atoms with Gasteiger partial charge in [0.15, 0.2) is 0 Å². The lowest BCUT2D eigenvalue weighted by atomic mass is 9.65. The minimum absolute atomic E-state index is 0.0655. The molecular weight excluding hydrogens is 486 g/mol. The number of rotatable bonds is 0. The summed E-state index contributed by atoms with van der Waals surface area (Å²) >= 11 is 0. The molecule has 5 aromatic carbocycles. The number of benzene rings is 5. The van der Waals surface area contributed by atoms with Crippen molar-refractivity contribution < 1.29 is 0 Å². The van der Waals surface area contributed by atoms with Crippen molar-refractivity contribution in [2.75, 3.05) is 0 Å². The van der Waals surface area contributed by atoms with E-state index in [0.29, 0.717) is 0 Å². The molecule has 0 aliphatic heterocycles. The Morgan fingerprint density at radius 1 is 0.550 bits per heavy atom. The quantitative estimate of drug-likeness (QED) is 0.188. The molecule has 7 aromatic rings. The van der Waals surface area contributed by atoms with E-state index in [1.54, 1.807) is 0 Å². The van der Waals surface area contributed by atoms with E-state index < -0.39 is 0 Å². The molecule has 0 radical (unpaired) electrons. The zero-order valence-corrected chi connectivity index (χ0v) is 21.6. The highest BCUT2D eigenvalue weighted by molar-refractivity contribution is 6.21. The van der Waals surface area contributed by atoms with Crippen LogP contribution in [0.1, 0.15) is 28.2 Å². The Labute approximate surface area is 230 Å². The number of para-hydroxylation sites is 1. The largest absolute Gasteiger partial charge is 0.275 e. The van der Waals surface area contributed by atoms with E-state index in [2.05, 4.69) is 114 Å². The van der Waals surface area contributed by atoms with Crippen molar-refractivity contribution in [2.45, 2.75) is 11.3 Å². The van der Waals surface area contributed by atoms with Gasteiger partial charge in [-0.2, -0.15) is 0 Å². The van der Waals surface area contributed by atoms with Crippen molar-refractivity contribution in [1.29, 1.82) is 0 Å². The van der Waals surface area contributed by atoms with Crippen molar-refractivity contribution in [1.82, 2.24) is 4.40 Å². The molecule has 1 spiro atoms. The molecule has 0 saturated carbocycles. The third-order valence-electron chi connectivity index (χ3n) is 10.0. The topological polar surface area (TPSA) is 21.5 Å². The second kappa shape index (κ2) is 6.97. The van der Waals surface area contributed by atoms with Gasteiger partial charge >= 0.3 is 0 Å². The molecule has 2 heterocycles. The third kappa shape index (κ3) is 2.14. The molecule has 3 aliphatic carbocycles. The first-order valence-corrected chi connectivity index (χ1v) is 14.1. The van der Waals surface area contributed by atoms with Crippen LogP contribution < -0.4 is 5.56 Å². The molecule has 2 nitrogen and oxygen atoms in total. The number of nitrogens with zero attached hydrogens (tertiary/aromatic N) is 1. The van der Waals surface area contributed by atoms with Crippen LogP contribution >= 0.6 is 0 Å². The second-order valence-electron chi connectivity index (χ2n) is 11.5. The van der Waals surface area contributed by atoms with Crippen molar-refractivity contribution >= 4 is 38.0 Å². The lowest BCUT2D eigenvalue weighted by Crippen LogP contribution is -2.33. The Morgan fingerprint density at radius 3 is 2.12 bits per heavy atom. The molecule has 2 aromatic heterocycles. The summed E-state index contributed by atoms with van der Waals surface area (Å²) in [4.78, 5) is 14.5. The predicted octanol–water partition coefficient (Wildman–Crippen LogP) is 8.35. The van der Waals surface area contributed by atoms with Crippen LogP contribution in [-0.4, -0.2) is 4.40 Å². The summed E-state index contributed by atoms with van der Waals surface area (Å²) in [5.74, 6) is 0.507. The molecule has 3 atom stereocenters. The molecule has 10 rings (SSSR count).